The number of carbonyl (C=O) groups excluding carboxylic acids is 1. The van der Waals surface area contributed by atoms with Gasteiger partial charge in [-0.2, -0.15) is 0 Å². The van der Waals surface area contributed by atoms with Gasteiger partial charge in [0.25, 0.3) is 0 Å². The van der Waals surface area contributed by atoms with Crippen LogP contribution in [0.4, 0.5) is 10.1 Å². The van der Waals surface area contributed by atoms with Crippen LogP contribution in [0.5, 0.6) is 0 Å². The van der Waals surface area contributed by atoms with Crippen molar-refractivity contribution in [2.45, 2.75) is 6.42 Å². The van der Waals surface area contributed by atoms with Crippen LogP contribution in [-0.2, 0) is 11.2 Å². The van der Waals surface area contributed by atoms with Gasteiger partial charge in [0.05, 0.1) is 6.42 Å². The smallest absolute Gasteiger partial charge is 0.354 e. The number of nitrogens with zero attached hydrogens (tertiary/aromatic N) is 1. The SMILES string of the molecule is O=C(Cc1cccc(F)c1)Nc1ccnc(C(=O)O)c1. The number of carbonyl (C=O) groups is 2. The van der Waals surface area contributed by atoms with Gasteiger partial charge in [-0.05, 0) is 29.8 Å². The zero-order valence-electron chi connectivity index (χ0n) is 10.3. The van der Waals surface area contributed by atoms with E-state index in [1.54, 1.807) is 6.07 Å². The Labute approximate surface area is 114 Å². The number of carboxylic acid groups (broad SMARTS) is 1. The fourth-order valence-corrected chi connectivity index (χ4v) is 1.66. The van der Waals surface area contributed by atoms with Crippen LogP contribution >= 0.6 is 0 Å². The molecule has 1 heterocycles. The summed E-state index contributed by atoms with van der Waals surface area (Å²) in [6, 6.07) is 8.46. The molecule has 0 aliphatic rings. The lowest BCUT2D eigenvalue weighted by molar-refractivity contribution is -0.115. The molecule has 0 saturated carbocycles. The second kappa shape index (κ2) is 5.92. The van der Waals surface area contributed by atoms with Crippen LogP contribution in [0.25, 0.3) is 0 Å². The minimum absolute atomic E-state index is 0.00247. The third-order valence-corrected chi connectivity index (χ3v) is 2.52. The van der Waals surface area contributed by atoms with E-state index in [1.165, 1.54) is 36.5 Å². The Hall–Kier alpha value is -2.76. The first-order valence-corrected chi connectivity index (χ1v) is 5.78. The second-order valence-electron chi connectivity index (χ2n) is 4.09. The van der Waals surface area contributed by atoms with Gasteiger partial charge in [-0.15, -0.1) is 0 Å². The number of hydrogen-bond acceptors (Lipinski definition) is 3. The van der Waals surface area contributed by atoms with E-state index in [-0.39, 0.29) is 18.0 Å². The van der Waals surface area contributed by atoms with Crippen LogP contribution in [0.15, 0.2) is 42.6 Å². The Morgan fingerprint density at radius 2 is 2.05 bits per heavy atom. The molecule has 0 spiro atoms. The van der Waals surface area contributed by atoms with Crippen LogP contribution in [0.2, 0.25) is 0 Å². The molecule has 5 nitrogen and oxygen atoms in total. The van der Waals surface area contributed by atoms with Gasteiger partial charge in [0.2, 0.25) is 5.91 Å². The average Bonchev–Trinajstić information content (AvgIpc) is 2.38. The summed E-state index contributed by atoms with van der Waals surface area (Å²) in [5, 5.41) is 11.3. The normalized spacial score (nSPS) is 10.1. The van der Waals surface area contributed by atoms with Crippen LogP contribution in [-0.4, -0.2) is 22.0 Å². The molecule has 1 amide bonds. The fourth-order valence-electron chi connectivity index (χ4n) is 1.66. The number of anilines is 1. The molecule has 1 aromatic heterocycles. The van der Waals surface area contributed by atoms with Gasteiger partial charge in [0.15, 0.2) is 0 Å². The summed E-state index contributed by atoms with van der Waals surface area (Å²) in [5.74, 6) is -1.95. The second-order valence-corrected chi connectivity index (χ2v) is 4.09. The molecule has 2 rings (SSSR count). The monoisotopic (exact) mass is 274 g/mol. The molecule has 2 aromatic rings. The molecule has 0 radical (unpaired) electrons. The number of amides is 1. The van der Waals surface area contributed by atoms with Crippen LogP contribution in [0, 0.1) is 5.82 Å². The van der Waals surface area contributed by atoms with Gasteiger partial charge < -0.3 is 10.4 Å². The van der Waals surface area contributed by atoms with Crippen molar-refractivity contribution in [3.63, 3.8) is 0 Å². The third kappa shape index (κ3) is 3.61. The summed E-state index contributed by atoms with van der Waals surface area (Å²) in [6.45, 7) is 0. The molecule has 1 aromatic carbocycles. The summed E-state index contributed by atoms with van der Waals surface area (Å²) in [7, 11) is 0. The van der Waals surface area contributed by atoms with Crippen molar-refractivity contribution in [3.8, 4) is 0 Å². The quantitative estimate of drug-likeness (QED) is 0.894. The number of rotatable bonds is 4. The maximum Gasteiger partial charge on any atom is 0.354 e. The molecular weight excluding hydrogens is 263 g/mol. The van der Waals surface area contributed by atoms with Crippen molar-refractivity contribution >= 4 is 17.6 Å². The van der Waals surface area contributed by atoms with Crippen LogP contribution in [0.1, 0.15) is 16.1 Å². The van der Waals surface area contributed by atoms with Gasteiger partial charge in [-0.25, -0.2) is 14.2 Å². The first-order chi connectivity index (χ1) is 9.54. The first kappa shape index (κ1) is 13.7. The molecular formula is C14H11FN2O3. The summed E-state index contributed by atoms with van der Waals surface area (Å²) in [5.41, 5.74) is 0.711. The molecule has 102 valence electrons. The first-order valence-electron chi connectivity index (χ1n) is 5.78. The number of aromatic carboxylic acids is 1. The minimum Gasteiger partial charge on any atom is -0.477 e. The summed E-state index contributed by atoms with van der Waals surface area (Å²) >= 11 is 0. The van der Waals surface area contributed by atoms with E-state index in [1.807, 2.05) is 0 Å². The lowest BCUT2D eigenvalue weighted by Crippen LogP contribution is -2.15. The fraction of sp³-hybridized carbons (Fsp3) is 0.0714. The predicted molar refractivity (Wildman–Crippen MR) is 69.9 cm³/mol. The van der Waals surface area contributed by atoms with Crippen molar-refractivity contribution in [2.75, 3.05) is 5.32 Å². The predicted octanol–water partition coefficient (Wildman–Crippen LogP) is 2.10. The van der Waals surface area contributed by atoms with E-state index >= 15 is 0 Å². The number of pyridine rings is 1. The zero-order chi connectivity index (χ0) is 14.5. The van der Waals surface area contributed by atoms with Crippen molar-refractivity contribution in [3.05, 3.63) is 59.7 Å². The molecule has 0 aliphatic carbocycles. The average molecular weight is 274 g/mol. The Balaban J connectivity index is 2.04. The highest BCUT2D eigenvalue weighted by molar-refractivity contribution is 5.94. The number of aromatic nitrogens is 1. The van der Waals surface area contributed by atoms with Crippen LogP contribution < -0.4 is 5.32 Å². The lowest BCUT2D eigenvalue weighted by Gasteiger charge is -2.06. The molecule has 0 fully saturated rings. The van der Waals surface area contributed by atoms with E-state index in [4.69, 9.17) is 5.11 Å². The third-order valence-electron chi connectivity index (χ3n) is 2.52. The maximum atomic E-state index is 13.0. The van der Waals surface area contributed by atoms with E-state index in [0.717, 1.165) is 0 Å². The molecule has 0 aliphatic heterocycles. The van der Waals surface area contributed by atoms with Crippen molar-refractivity contribution in [1.82, 2.24) is 4.98 Å². The Kier molecular flexibility index (Phi) is 4.05. The molecule has 0 bridgehead atoms. The van der Waals surface area contributed by atoms with Crippen LogP contribution in [0.3, 0.4) is 0 Å². The number of benzene rings is 1. The van der Waals surface area contributed by atoms with E-state index in [9.17, 15) is 14.0 Å². The standard InChI is InChI=1S/C14H11FN2O3/c15-10-3-1-2-9(6-10)7-13(18)17-11-4-5-16-12(8-11)14(19)20/h1-6,8H,7H2,(H,19,20)(H,16,17,18). The highest BCUT2D eigenvalue weighted by atomic mass is 19.1. The largest absolute Gasteiger partial charge is 0.477 e. The van der Waals surface area contributed by atoms with Gasteiger partial charge >= 0.3 is 5.97 Å². The minimum atomic E-state index is -1.17. The Bertz CT molecular complexity index is 658. The molecule has 0 saturated heterocycles. The van der Waals surface area contributed by atoms with Gasteiger partial charge in [-0.1, -0.05) is 12.1 Å². The summed E-state index contributed by atoms with van der Waals surface area (Å²) in [4.78, 5) is 26.2. The maximum absolute atomic E-state index is 13.0. The molecule has 0 atom stereocenters. The van der Waals surface area contributed by atoms with Gasteiger partial charge in [0.1, 0.15) is 11.5 Å². The molecule has 0 unspecified atom stereocenters. The van der Waals surface area contributed by atoms with Crippen molar-refractivity contribution in [1.29, 1.82) is 0 Å². The Morgan fingerprint density at radius 3 is 2.75 bits per heavy atom. The number of carboxylic acids is 1. The van der Waals surface area contributed by atoms with Gasteiger partial charge in [0, 0.05) is 11.9 Å². The van der Waals surface area contributed by atoms with Gasteiger partial charge in [-0.3, -0.25) is 4.79 Å². The highest BCUT2D eigenvalue weighted by Gasteiger charge is 2.08. The lowest BCUT2D eigenvalue weighted by atomic mass is 10.1. The zero-order valence-corrected chi connectivity index (χ0v) is 10.3. The van der Waals surface area contributed by atoms with E-state index in [0.29, 0.717) is 11.3 Å². The number of nitrogens with one attached hydrogen (secondary N) is 1. The molecule has 2 N–H and O–H groups in total. The van der Waals surface area contributed by atoms with Crippen molar-refractivity contribution < 1.29 is 19.1 Å². The number of halogens is 1. The highest BCUT2D eigenvalue weighted by Crippen LogP contribution is 2.10. The molecule has 6 heteroatoms. The summed E-state index contributed by atoms with van der Waals surface area (Å²) in [6.07, 6.45) is 1.30. The van der Waals surface area contributed by atoms with E-state index in [2.05, 4.69) is 10.3 Å². The summed E-state index contributed by atoms with van der Waals surface area (Å²) < 4.78 is 13.0. The Morgan fingerprint density at radius 1 is 1.25 bits per heavy atom. The number of hydrogen-bond donors (Lipinski definition) is 2. The molecule has 20 heavy (non-hydrogen) atoms. The van der Waals surface area contributed by atoms with Crippen molar-refractivity contribution in [2.24, 2.45) is 0 Å². The van der Waals surface area contributed by atoms with E-state index < -0.39 is 11.8 Å². The topological polar surface area (TPSA) is 79.3 Å².